The maximum atomic E-state index is 12.4. The van der Waals surface area contributed by atoms with Crippen molar-refractivity contribution < 1.29 is 14.3 Å². The van der Waals surface area contributed by atoms with Crippen molar-refractivity contribution in [1.29, 1.82) is 0 Å². The molecule has 0 radical (unpaired) electrons. The van der Waals surface area contributed by atoms with Crippen molar-refractivity contribution in [2.24, 2.45) is 5.92 Å². The Balaban J connectivity index is 1.89. The third-order valence-electron chi connectivity index (χ3n) is 4.77. The first-order valence-corrected chi connectivity index (χ1v) is 8.42. The Morgan fingerprint density at radius 2 is 2.10 bits per heavy atom. The molecule has 5 heteroatoms. The highest BCUT2D eigenvalue weighted by molar-refractivity contribution is 5.74. The summed E-state index contributed by atoms with van der Waals surface area (Å²) in [4.78, 5) is 14.4. The molecule has 2 rings (SSSR count). The Kier molecular flexibility index (Phi) is 5.88. The zero-order chi connectivity index (χ0) is 15.3. The van der Waals surface area contributed by atoms with Crippen LogP contribution < -0.4 is 5.32 Å². The van der Waals surface area contributed by atoms with E-state index in [1.54, 1.807) is 0 Å². The van der Waals surface area contributed by atoms with E-state index in [-0.39, 0.29) is 18.0 Å². The predicted octanol–water partition coefficient (Wildman–Crippen LogP) is 2.75. The van der Waals surface area contributed by atoms with Crippen LogP contribution in [0.15, 0.2) is 0 Å². The minimum absolute atomic E-state index is 0.0709. The van der Waals surface area contributed by atoms with Crippen LogP contribution in [0.2, 0.25) is 0 Å². The molecule has 21 heavy (non-hydrogen) atoms. The Labute approximate surface area is 128 Å². The maximum Gasteiger partial charge on any atom is 0.317 e. The van der Waals surface area contributed by atoms with Crippen LogP contribution in [0.25, 0.3) is 0 Å². The number of amides is 2. The largest absolute Gasteiger partial charge is 0.347 e. The third kappa shape index (κ3) is 4.10. The van der Waals surface area contributed by atoms with Gasteiger partial charge < -0.3 is 19.7 Å². The number of hydrogen-bond donors (Lipinski definition) is 1. The number of carbonyl (C=O) groups excluding carboxylic acids is 1. The fraction of sp³-hybridized carbons (Fsp3) is 0.938. The molecule has 0 bridgehead atoms. The molecule has 2 aliphatic rings. The number of nitrogens with one attached hydrogen (secondary N) is 1. The van der Waals surface area contributed by atoms with E-state index in [0.29, 0.717) is 13.2 Å². The lowest BCUT2D eigenvalue weighted by Crippen LogP contribution is -2.52. The van der Waals surface area contributed by atoms with Gasteiger partial charge >= 0.3 is 6.03 Å². The van der Waals surface area contributed by atoms with E-state index in [4.69, 9.17) is 9.47 Å². The molecule has 2 fully saturated rings. The number of urea groups is 1. The van der Waals surface area contributed by atoms with Crippen molar-refractivity contribution in [1.82, 2.24) is 10.2 Å². The number of ether oxygens (including phenoxy) is 2. The lowest BCUT2D eigenvalue weighted by atomic mass is 9.90. The van der Waals surface area contributed by atoms with Crippen LogP contribution in [-0.4, -0.2) is 49.1 Å². The SMILES string of the molecule is CCC[C@H](CC)NC(=O)N1CCC[C@@H](C2(C)OCCO2)C1. The van der Waals surface area contributed by atoms with Gasteiger partial charge in [-0.2, -0.15) is 0 Å². The van der Waals surface area contributed by atoms with E-state index >= 15 is 0 Å². The first-order valence-electron chi connectivity index (χ1n) is 8.42. The number of carbonyl (C=O) groups is 1. The van der Waals surface area contributed by atoms with Gasteiger partial charge in [-0.25, -0.2) is 4.79 Å². The standard InChI is InChI=1S/C16H30N2O3/c1-4-7-14(5-2)17-15(19)18-9-6-8-13(12-18)16(3)20-10-11-21-16/h13-14H,4-12H2,1-3H3,(H,17,19)/t13-,14+/m1/s1. The average molecular weight is 298 g/mol. The van der Waals surface area contributed by atoms with E-state index < -0.39 is 5.79 Å². The summed E-state index contributed by atoms with van der Waals surface area (Å²) in [5, 5.41) is 3.17. The number of likely N-dealkylation sites (tertiary alicyclic amines) is 1. The number of nitrogens with zero attached hydrogens (tertiary/aromatic N) is 1. The van der Waals surface area contributed by atoms with Crippen LogP contribution >= 0.6 is 0 Å². The molecule has 0 aromatic carbocycles. The Bertz CT molecular complexity index is 342. The average Bonchev–Trinajstić information content (AvgIpc) is 2.95. The second-order valence-electron chi connectivity index (χ2n) is 6.34. The summed E-state index contributed by atoms with van der Waals surface area (Å²) < 4.78 is 11.5. The van der Waals surface area contributed by atoms with E-state index in [1.807, 2.05) is 11.8 Å². The lowest BCUT2D eigenvalue weighted by molar-refractivity contribution is -0.189. The van der Waals surface area contributed by atoms with Gasteiger partial charge in [0.2, 0.25) is 0 Å². The molecule has 2 aliphatic heterocycles. The van der Waals surface area contributed by atoms with Crippen LogP contribution in [-0.2, 0) is 9.47 Å². The molecular weight excluding hydrogens is 268 g/mol. The lowest BCUT2D eigenvalue weighted by Gasteiger charge is -2.40. The van der Waals surface area contributed by atoms with Crippen molar-refractivity contribution >= 4 is 6.03 Å². The van der Waals surface area contributed by atoms with Crippen LogP contribution in [0.4, 0.5) is 4.79 Å². The monoisotopic (exact) mass is 298 g/mol. The summed E-state index contributed by atoms with van der Waals surface area (Å²) in [6.07, 6.45) is 5.21. The smallest absolute Gasteiger partial charge is 0.317 e. The van der Waals surface area contributed by atoms with Crippen molar-refractivity contribution in [3.63, 3.8) is 0 Å². The Hall–Kier alpha value is -0.810. The first kappa shape index (κ1) is 16.6. The molecule has 2 amide bonds. The van der Waals surface area contributed by atoms with Crippen LogP contribution in [0, 0.1) is 5.92 Å². The predicted molar refractivity (Wildman–Crippen MR) is 82.1 cm³/mol. The molecule has 0 aromatic heterocycles. The molecule has 5 nitrogen and oxygen atoms in total. The van der Waals surface area contributed by atoms with Crippen molar-refractivity contribution in [2.45, 2.75) is 64.7 Å². The van der Waals surface area contributed by atoms with E-state index in [1.165, 1.54) is 0 Å². The van der Waals surface area contributed by atoms with Gasteiger partial charge in [-0.05, 0) is 32.6 Å². The molecular formula is C16H30N2O3. The van der Waals surface area contributed by atoms with Crippen molar-refractivity contribution in [3.8, 4) is 0 Å². The fourth-order valence-electron chi connectivity index (χ4n) is 3.35. The topological polar surface area (TPSA) is 50.8 Å². The Morgan fingerprint density at radius 3 is 2.71 bits per heavy atom. The van der Waals surface area contributed by atoms with Crippen molar-refractivity contribution in [3.05, 3.63) is 0 Å². The van der Waals surface area contributed by atoms with Crippen LogP contribution in [0.3, 0.4) is 0 Å². The zero-order valence-corrected chi connectivity index (χ0v) is 13.7. The highest BCUT2D eigenvalue weighted by Crippen LogP contribution is 2.34. The molecule has 0 spiro atoms. The summed E-state index contributed by atoms with van der Waals surface area (Å²) in [6.45, 7) is 9.17. The number of hydrogen-bond acceptors (Lipinski definition) is 3. The van der Waals surface area contributed by atoms with Crippen molar-refractivity contribution in [2.75, 3.05) is 26.3 Å². The minimum atomic E-state index is -0.507. The normalized spacial score (nSPS) is 26.6. The van der Waals surface area contributed by atoms with Crippen LogP contribution in [0.1, 0.15) is 52.9 Å². The molecule has 0 unspecified atom stereocenters. The highest BCUT2D eigenvalue weighted by Gasteiger charge is 2.42. The molecule has 0 saturated carbocycles. The fourth-order valence-corrected chi connectivity index (χ4v) is 3.35. The number of rotatable bonds is 5. The van der Waals surface area contributed by atoms with Gasteiger partial charge in [-0.15, -0.1) is 0 Å². The highest BCUT2D eigenvalue weighted by atomic mass is 16.7. The summed E-state index contributed by atoms with van der Waals surface area (Å²) in [7, 11) is 0. The molecule has 1 N–H and O–H groups in total. The number of piperidine rings is 1. The van der Waals surface area contributed by atoms with Gasteiger partial charge in [0.25, 0.3) is 0 Å². The second-order valence-corrected chi connectivity index (χ2v) is 6.34. The Morgan fingerprint density at radius 1 is 1.38 bits per heavy atom. The van der Waals surface area contributed by atoms with Gasteiger partial charge in [-0.1, -0.05) is 20.3 Å². The van der Waals surface area contributed by atoms with Gasteiger partial charge in [0.15, 0.2) is 5.79 Å². The first-order chi connectivity index (χ1) is 10.1. The van der Waals surface area contributed by atoms with Gasteiger partial charge in [-0.3, -0.25) is 0 Å². The van der Waals surface area contributed by atoms with Crippen LogP contribution in [0.5, 0.6) is 0 Å². The quantitative estimate of drug-likeness (QED) is 0.849. The second kappa shape index (κ2) is 7.45. The van der Waals surface area contributed by atoms with Gasteiger partial charge in [0.05, 0.1) is 13.2 Å². The molecule has 2 heterocycles. The maximum absolute atomic E-state index is 12.4. The zero-order valence-electron chi connectivity index (χ0n) is 13.7. The summed E-state index contributed by atoms with van der Waals surface area (Å²) in [6, 6.07) is 0.360. The molecule has 2 saturated heterocycles. The molecule has 122 valence electrons. The summed E-state index contributed by atoms with van der Waals surface area (Å²) in [5.41, 5.74) is 0. The summed E-state index contributed by atoms with van der Waals surface area (Å²) >= 11 is 0. The summed E-state index contributed by atoms with van der Waals surface area (Å²) in [5.74, 6) is -0.238. The van der Waals surface area contributed by atoms with E-state index in [2.05, 4.69) is 19.2 Å². The van der Waals surface area contributed by atoms with Gasteiger partial charge in [0.1, 0.15) is 0 Å². The molecule has 0 aromatic rings. The molecule has 2 atom stereocenters. The van der Waals surface area contributed by atoms with E-state index in [0.717, 1.165) is 45.2 Å². The third-order valence-corrected chi connectivity index (χ3v) is 4.77. The van der Waals surface area contributed by atoms with Gasteiger partial charge in [0, 0.05) is 25.0 Å². The molecule has 0 aliphatic carbocycles. The van der Waals surface area contributed by atoms with E-state index in [9.17, 15) is 4.79 Å². The minimum Gasteiger partial charge on any atom is -0.347 e.